The number of carbonyl (C=O) groups excluding carboxylic acids is 1. The number of amides is 1. The zero-order chi connectivity index (χ0) is 16.7. The maximum absolute atomic E-state index is 12.4. The van der Waals surface area contributed by atoms with Gasteiger partial charge in [-0.25, -0.2) is 0 Å². The highest BCUT2D eigenvalue weighted by Gasteiger charge is 2.21. The van der Waals surface area contributed by atoms with Crippen LogP contribution in [0.5, 0.6) is 0 Å². The quantitative estimate of drug-likeness (QED) is 0.788. The molecule has 0 radical (unpaired) electrons. The molecular weight excluding hydrogens is 278 g/mol. The number of hydrogen-bond acceptors (Lipinski definition) is 2. The van der Waals surface area contributed by atoms with Crippen LogP contribution < -0.4 is 4.90 Å². The molecule has 0 saturated carbocycles. The van der Waals surface area contributed by atoms with E-state index < -0.39 is 11.9 Å². The van der Waals surface area contributed by atoms with Gasteiger partial charge >= 0.3 is 5.97 Å². The molecule has 1 N–H and O–H groups in total. The monoisotopic (exact) mass is 305 g/mol. The molecule has 4 nitrogen and oxygen atoms in total. The van der Waals surface area contributed by atoms with Crippen molar-refractivity contribution < 1.29 is 14.7 Å². The Hall–Kier alpha value is -1.84. The van der Waals surface area contributed by atoms with E-state index in [2.05, 4.69) is 13.8 Å². The largest absolute Gasteiger partial charge is 0.481 e. The predicted octanol–water partition coefficient (Wildman–Crippen LogP) is 4.05. The van der Waals surface area contributed by atoms with Gasteiger partial charge in [0, 0.05) is 18.7 Å². The first-order valence-electron chi connectivity index (χ1n) is 7.99. The molecule has 0 aliphatic carbocycles. The average Bonchev–Trinajstić information content (AvgIpc) is 2.49. The third-order valence-electron chi connectivity index (χ3n) is 3.79. The lowest BCUT2D eigenvalue weighted by molar-refractivity contribution is -0.140. The van der Waals surface area contributed by atoms with Gasteiger partial charge in [-0.3, -0.25) is 9.59 Å². The molecule has 0 heterocycles. The summed E-state index contributed by atoms with van der Waals surface area (Å²) in [5.74, 6) is -1.05. The third kappa shape index (κ3) is 5.17. The molecule has 22 heavy (non-hydrogen) atoms. The SMILES string of the molecule is CCCCC(=O)N(CC(C)C(=O)O)c1ccc(C(C)C)cc1. The van der Waals surface area contributed by atoms with Gasteiger partial charge in [-0.2, -0.15) is 0 Å². The van der Waals surface area contributed by atoms with Gasteiger partial charge < -0.3 is 10.0 Å². The lowest BCUT2D eigenvalue weighted by atomic mass is 10.0. The fourth-order valence-corrected chi connectivity index (χ4v) is 2.21. The van der Waals surface area contributed by atoms with Crippen LogP contribution >= 0.6 is 0 Å². The Bertz CT molecular complexity index is 494. The number of nitrogens with zero attached hydrogens (tertiary/aromatic N) is 1. The average molecular weight is 305 g/mol. The molecule has 1 unspecified atom stereocenters. The molecule has 1 aromatic rings. The fourth-order valence-electron chi connectivity index (χ4n) is 2.21. The fraction of sp³-hybridized carbons (Fsp3) is 0.556. The summed E-state index contributed by atoms with van der Waals surface area (Å²) in [6, 6.07) is 7.83. The van der Waals surface area contributed by atoms with E-state index in [9.17, 15) is 9.59 Å². The topological polar surface area (TPSA) is 57.6 Å². The third-order valence-corrected chi connectivity index (χ3v) is 3.79. The Morgan fingerprint density at radius 2 is 1.73 bits per heavy atom. The highest BCUT2D eigenvalue weighted by Crippen LogP contribution is 2.22. The number of carboxylic acid groups (broad SMARTS) is 1. The van der Waals surface area contributed by atoms with Crippen LogP contribution in [0.3, 0.4) is 0 Å². The maximum atomic E-state index is 12.4. The van der Waals surface area contributed by atoms with Crippen LogP contribution in [0, 0.1) is 5.92 Å². The Morgan fingerprint density at radius 1 is 1.14 bits per heavy atom. The van der Waals surface area contributed by atoms with Crippen molar-refractivity contribution in [3.05, 3.63) is 29.8 Å². The minimum absolute atomic E-state index is 0.00718. The Balaban J connectivity index is 2.97. The number of hydrogen-bond donors (Lipinski definition) is 1. The smallest absolute Gasteiger partial charge is 0.308 e. The predicted molar refractivity (Wildman–Crippen MR) is 89.2 cm³/mol. The van der Waals surface area contributed by atoms with Gasteiger partial charge in [0.1, 0.15) is 0 Å². The Kier molecular flexibility index (Phi) is 7.09. The first-order chi connectivity index (χ1) is 10.4. The van der Waals surface area contributed by atoms with Crippen LogP contribution in [0.4, 0.5) is 5.69 Å². The van der Waals surface area contributed by atoms with Crippen molar-refractivity contribution in [2.75, 3.05) is 11.4 Å². The van der Waals surface area contributed by atoms with Crippen LogP contribution in [-0.2, 0) is 9.59 Å². The van der Waals surface area contributed by atoms with E-state index in [-0.39, 0.29) is 12.5 Å². The van der Waals surface area contributed by atoms with E-state index in [1.54, 1.807) is 11.8 Å². The zero-order valence-corrected chi connectivity index (χ0v) is 14.0. The number of unbranched alkanes of at least 4 members (excludes halogenated alkanes) is 1. The van der Waals surface area contributed by atoms with Crippen molar-refractivity contribution in [2.45, 2.75) is 52.9 Å². The molecular formula is C18H27NO3. The van der Waals surface area contributed by atoms with Crippen molar-refractivity contribution >= 4 is 17.6 Å². The molecule has 1 rings (SSSR count). The molecule has 1 atom stereocenters. The highest BCUT2D eigenvalue weighted by atomic mass is 16.4. The number of carbonyl (C=O) groups is 2. The first-order valence-corrected chi connectivity index (χ1v) is 7.99. The van der Waals surface area contributed by atoms with Crippen molar-refractivity contribution in [2.24, 2.45) is 5.92 Å². The van der Waals surface area contributed by atoms with E-state index in [1.807, 2.05) is 31.2 Å². The van der Waals surface area contributed by atoms with E-state index in [0.717, 1.165) is 18.5 Å². The van der Waals surface area contributed by atoms with Gasteiger partial charge in [-0.05, 0) is 30.0 Å². The number of benzene rings is 1. The van der Waals surface area contributed by atoms with E-state index in [4.69, 9.17) is 5.11 Å². The number of aliphatic carboxylic acids is 1. The molecule has 122 valence electrons. The van der Waals surface area contributed by atoms with Gasteiger partial charge in [0.25, 0.3) is 0 Å². The molecule has 0 aliphatic heterocycles. The number of carboxylic acids is 1. The molecule has 0 fully saturated rings. The summed E-state index contributed by atoms with van der Waals surface area (Å²) in [4.78, 5) is 25.1. The van der Waals surface area contributed by atoms with Crippen molar-refractivity contribution in [1.82, 2.24) is 0 Å². The van der Waals surface area contributed by atoms with Crippen molar-refractivity contribution in [3.63, 3.8) is 0 Å². The second-order valence-electron chi connectivity index (χ2n) is 6.09. The van der Waals surface area contributed by atoms with Crippen LogP contribution in [0.2, 0.25) is 0 Å². The molecule has 1 amide bonds. The molecule has 0 bridgehead atoms. The lowest BCUT2D eigenvalue weighted by Gasteiger charge is -2.25. The number of rotatable bonds is 8. The van der Waals surface area contributed by atoms with E-state index >= 15 is 0 Å². The highest BCUT2D eigenvalue weighted by molar-refractivity contribution is 5.94. The molecule has 0 aliphatic rings. The molecule has 4 heteroatoms. The van der Waals surface area contributed by atoms with Crippen molar-refractivity contribution in [3.8, 4) is 0 Å². The maximum Gasteiger partial charge on any atom is 0.308 e. The zero-order valence-electron chi connectivity index (χ0n) is 14.0. The summed E-state index contributed by atoms with van der Waals surface area (Å²) in [6.45, 7) is 8.11. The lowest BCUT2D eigenvalue weighted by Crippen LogP contribution is -2.36. The minimum atomic E-state index is -0.882. The van der Waals surface area contributed by atoms with E-state index in [1.165, 1.54) is 5.56 Å². The summed E-state index contributed by atoms with van der Waals surface area (Å²) >= 11 is 0. The number of anilines is 1. The van der Waals surface area contributed by atoms with Gasteiger partial charge in [0.05, 0.1) is 5.92 Å². The molecule has 0 spiro atoms. The summed E-state index contributed by atoms with van der Waals surface area (Å²) < 4.78 is 0. The van der Waals surface area contributed by atoms with Crippen LogP contribution in [0.25, 0.3) is 0 Å². The van der Waals surface area contributed by atoms with Crippen LogP contribution in [0.15, 0.2) is 24.3 Å². The van der Waals surface area contributed by atoms with Gasteiger partial charge in [-0.1, -0.05) is 46.2 Å². The van der Waals surface area contributed by atoms with Gasteiger partial charge in [0.2, 0.25) is 5.91 Å². The van der Waals surface area contributed by atoms with Crippen molar-refractivity contribution in [1.29, 1.82) is 0 Å². The summed E-state index contributed by atoms with van der Waals surface area (Å²) in [5, 5.41) is 9.11. The Labute approximate surface area is 133 Å². The van der Waals surface area contributed by atoms with E-state index in [0.29, 0.717) is 12.3 Å². The van der Waals surface area contributed by atoms with Crippen LogP contribution in [0.1, 0.15) is 58.4 Å². The molecule has 0 aromatic heterocycles. The summed E-state index contributed by atoms with van der Waals surface area (Å²) in [6.07, 6.45) is 2.22. The summed E-state index contributed by atoms with van der Waals surface area (Å²) in [5.41, 5.74) is 1.98. The summed E-state index contributed by atoms with van der Waals surface area (Å²) in [7, 11) is 0. The van der Waals surface area contributed by atoms with Gasteiger partial charge in [-0.15, -0.1) is 0 Å². The minimum Gasteiger partial charge on any atom is -0.481 e. The molecule has 0 saturated heterocycles. The normalized spacial score (nSPS) is 12.2. The van der Waals surface area contributed by atoms with Gasteiger partial charge in [0.15, 0.2) is 0 Å². The first kappa shape index (κ1) is 18.2. The standard InChI is InChI=1S/C18H27NO3/c1-5-6-7-17(20)19(12-14(4)18(21)22)16-10-8-15(9-11-16)13(2)3/h8-11,13-14H,5-7,12H2,1-4H3,(H,21,22). The second-order valence-corrected chi connectivity index (χ2v) is 6.09. The van der Waals surface area contributed by atoms with Crippen LogP contribution in [-0.4, -0.2) is 23.5 Å². The molecule has 1 aromatic carbocycles. The Morgan fingerprint density at radius 3 is 2.18 bits per heavy atom. The second kappa shape index (κ2) is 8.57.